The van der Waals surface area contributed by atoms with Crippen LogP contribution in [0.1, 0.15) is 34.6 Å². The maximum absolute atomic E-state index is 12.5. The summed E-state index contributed by atoms with van der Waals surface area (Å²) < 4.78 is 0. The molecule has 0 aromatic carbocycles. The second-order valence-electron chi connectivity index (χ2n) is 7.12. The van der Waals surface area contributed by atoms with Crippen molar-refractivity contribution >= 4 is 22.6 Å². The fraction of sp³-hybridized carbons (Fsp3) is 0.286. The molecule has 3 N–H and O–H groups in total. The van der Waals surface area contributed by atoms with E-state index in [1.54, 1.807) is 24.3 Å². The Morgan fingerprint density at radius 1 is 1.20 bits per heavy atom. The zero-order chi connectivity index (χ0) is 21.1. The van der Waals surface area contributed by atoms with Crippen LogP contribution in [0.4, 0.5) is 5.82 Å². The van der Waals surface area contributed by atoms with Crippen molar-refractivity contribution in [3.05, 3.63) is 53.6 Å². The summed E-state index contributed by atoms with van der Waals surface area (Å²) in [5.41, 5.74) is 1.43. The summed E-state index contributed by atoms with van der Waals surface area (Å²) in [5.74, 6) is 0.00467. The van der Waals surface area contributed by atoms with E-state index < -0.39 is 5.91 Å². The molecule has 152 valence electrons. The van der Waals surface area contributed by atoms with E-state index >= 15 is 0 Å². The van der Waals surface area contributed by atoms with E-state index in [4.69, 9.17) is 5.26 Å². The van der Waals surface area contributed by atoms with Crippen molar-refractivity contribution in [1.29, 1.82) is 5.26 Å². The van der Waals surface area contributed by atoms with Crippen molar-refractivity contribution in [1.82, 2.24) is 20.3 Å². The zero-order valence-electron chi connectivity index (χ0n) is 16.1. The van der Waals surface area contributed by atoms with Gasteiger partial charge in [0.2, 0.25) is 0 Å². The van der Waals surface area contributed by atoms with Gasteiger partial charge >= 0.3 is 0 Å². The molecular weight excluding hydrogens is 384 g/mol. The number of rotatable bonds is 4. The first kappa shape index (κ1) is 19.5. The standard InChI is InChI=1S/C21H20N6O3/c22-9-14-2-1-13(10-23-14)11-25-21(30)19-20(29)16-3-4-18(26-17(16)12-24-19)27-7-5-15(28)6-8-27/h1-4,10,12,15,28-29H,5-8,11H2,(H,25,30). The van der Waals surface area contributed by atoms with E-state index in [2.05, 4.69) is 25.2 Å². The van der Waals surface area contributed by atoms with E-state index in [-0.39, 0.29) is 24.1 Å². The number of aliphatic hydroxyl groups excluding tert-OH is 1. The Bertz CT molecular complexity index is 1120. The number of nitriles is 1. The number of aliphatic hydroxyl groups is 1. The molecule has 0 unspecified atom stereocenters. The molecule has 1 aliphatic heterocycles. The molecule has 1 saturated heterocycles. The summed E-state index contributed by atoms with van der Waals surface area (Å²) in [6.07, 6.45) is 4.09. The smallest absolute Gasteiger partial charge is 0.274 e. The number of carbonyl (C=O) groups excluding carboxylic acids is 1. The minimum Gasteiger partial charge on any atom is -0.505 e. The molecule has 3 aromatic rings. The van der Waals surface area contributed by atoms with Crippen LogP contribution >= 0.6 is 0 Å². The van der Waals surface area contributed by atoms with Crippen LogP contribution in [0, 0.1) is 11.3 Å². The van der Waals surface area contributed by atoms with Gasteiger partial charge in [-0.05, 0) is 36.6 Å². The van der Waals surface area contributed by atoms with E-state index in [0.29, 0.717) is 42.5 Å². The SMILES string of the molecule is N#Cc1ccc(CNC(=O)c2ncc3nc(N4CCC(O)CC4)ccc3c2O)cn1. The first-order valence-corrected chi connectivity index (χ1v) is 9.60. The Labute approximate surface area is 172 Å². The minimum atomic E-state index is -0.521. The maximum Gasteiger partial charge on any atom is 0.274 e. The highest BCUT2D eigenvalue weighted by molar-refractivity contribution is 6.00. The van der Waals surface area contributed by atoms with Crippen LogP contribution in [0.5, 0.6) is 5.75 Å². The first-order valence-electron chi connectivity index (χ1n) is 9.60. The molecule has 3 aromatic heterocycles. The van der Waals surface area contributed by atoms with E-state index in [1.807, 2.05) is 6.07 Å². The number of piperidine rings is 1. The molecule has 0 aliphatic carbocycles. The first-order chi connectivity index (χ1) is 14.5. The number of amides is 1. The van der Waals surface area contributed by atoms with Crippen LogP contribution in [0.15, 0.2) is 36.7 Å². The molecule has 1 amide bonds. The number of anilines is 1. The molecule has 30 heavy (non-hydrogen) atoms. The normalized spacial score (nSPS) is 14.5. The van der Waals surface area contributed by atoms with Crippen LogP contribution in [0.25, 0.3) is 10.9 Å². The average Bonchev–Trinajstić information content (AvgIpc) is 2.78. The van der Waals surface area contributed by atoms with Crippen molar-refractivity contribution in [2.75, 3.05) is 18.0 Å². The molecule has 0 atom stereocenters. The quantitative estimate of drug-likeness (QED) is 0.595. The molecule has 9 heteroatoms. The third kappa shape index (κ3) is 3.99. The van der Waals surface area contributed by atoms with Crippen LogP contribution in [0.2, 0.25) is 0 Å². The van der Waals surface area contributed by atoms with Crippen molar-refractivity contribution < 1.29 is 15.0 Å². The van der Waals surface area contributed by atoms with Gasteiger partial charge in [0.15, 0.2) is 11.4 Å². The van der Waals surface area contributed by atoms with Gasteiger partial charge in [-0.3, -0.25) is 4.79 Å². The van der Waals surface area contributed by atoms with Gasteiger partial charge in [-0.25, -0.2) is 15.0 Å². The largest absolute Gasteiger partial charge is 0.505 e. The highest BCUT2D eigenvalue weighted by atomic mass is 16.3. The lowest BCUT2D eigenvalue weighted by Crippen LogP contribution is -2.36. The van der Waals surface area contributed by atoms with Crippen molar-refractivity contribution in [3.63, 3.8) is 0 Å². The lowest BCUT2D eigenvalue weighted by atomic mass is 10.1. The Morgan fingerprint density at radius 3 is 2.70 bits per heavy atom. The molecule has 0 spiro atoms. The predicted molar refractivity (Wildman–Crippen MR) is 109 cm³/mol. The second kappa shape index (κ2) is 8.31. The number of fused-ring (bicyclic) bond motifs is 1. The summed E-state index contributed by atoms with van der Waals surface area (Å²) >= 11 is 0. The van der Waals surface area contributed by atoms with Crippen molar-refractivity contribution in [3.8, 4) is 11.8 Å². The van der Waals surface area contributed by atoms with Gasteiger partial charge in [0, 0.05) is 31.2 Å². The number of pyridine rings is 3. The highest BCUT2D eigenvalue weighted by Gasteiger charge is 2.20. The van der Waals surface area contributed by atoms with Crippen LogP contribution in [-0.2, 0) is 6.54 Å². The number of carbonyl (C=O) groups is 1. The van der Waals surface area contributed by atoms with E-state index in [9.17, 15) is 15.0 Å². The van der Waals surface area contributed by atoms with E-state index in [1.165, 1.54) is 12.4 Å². The topological polar surface area (TPSA) is 135 Å². The fourth-order valence-corrected chi connectivity index (χ4v) is 3.38. The Morgan fingerprint density at radius 2 is 2.00 bits per heavy atom. The van der Waals surface area contributed by atoms with Crippen LogP contribution < -0.4 is 10.2 Å². The lowest BCUT2D eigenvalue weighted by molar-refractivity contribution is 0.0943. The highest BCUT2D eigenvalue weighted by Crippen LogP contribution is 2.28. The Balaban J connectivity index is 1.50. The predicted octanol–water partition coefficient (Wildman–Crippen LogP) is 1.49. The van der Waals surface area contributed by atoms with Gasteiger partial charge < -0.3 is 20.4 Å². The summed E-state index contributed by atoms with van der Waals surface area (Å²) in [5, 5.41) is 32.1. The summed E-state index contributed by atoms with van der Waals surface area (Å²) in [7, 11) is 0. The number of hydrogen-bond donors (Lipinski definition) is 3. The van der Waals surface area contributed by atoms with Crippen molar-refractivity contribution in [2.24, 2.45) is 0 Å². The fourth-order valence-electron chi connectivity index (χ4n) is 3.38. The summed E-state index contributed by atoms with van der Waals surface area (Å²) in [4.78, 5) is 27.2. The molecule has 0 saturated carbocycles. The molecule has 4 rings (SSSR count). The zero-order valence-corrected chi connectivity index (χ0v) is 16.1. The third-order valence-corrected chi connectivity index (χ3v) is 5.10. The van der Waals surface area contributed by atoms with Gasteiger partial charge in [0.25, 0.3) is 5.91 Å². The van der Waals surface area contributed by atoms with Crippen molar-refractivity contribution in [2.45, 2.75) is 25.5 Å². The van der Waals surface area contributed by atoms with Gasteiger partial charge in [0.05, 0.1) is 17.8 Å². The number of aromatic hydroxyl groups is 1. The second-order valence-corrected chi connectivity index (χ2v) is 7.12. The number of aromatic nitrogens is 3. The summed E-state index contributed by atoms with van der Waals surface area (Å²) in [6.45, 7) is 1.61. The molecular formula is C21H20N6O3. The van der Waals surface area contributed by atoms with Gasteiger partial charge in [-0.2, -0.15) is 5.26 Å². The molecule has 4 heterocycles. The maximum atomic E-state index is 12.5. The number of nitrogens with one attached hydrogen (secondary N) is 1. The Kier molecular flexibility index (Phi) is 5.41. The molecule has 0 bridgehead atoms. The summed E-state index contributed by atoms with van der Waals surface area (Å²) in [6, 6.07) is 8.72. The van der Waals surface area contributed by atoms with Crippen LogP contribution in [-0.4, -0.2) is 50.3 Å². The number of hydrogen-bond acceptors (Lipinski definition) is 8. The molecule has 0 radical (unpaired) electrons. The molecule has 1 fully saturated rings. The van der Waals surface area contributed by atoms with E-state index in [0.717, 1.165) is 11.4 Å². The third-order valence-electron chi connectivity index (χ3n) is 5.10. The van der Waals surface area contributed by atoms with Gasteiger partial charge in [-0.15, -0.1) is 0 Å². The lowest BCUT2D eigenvalue weighted by Gasteiger charge is -2.30. The van der Waals surface area contributed by atoms with Gasteiger partial charge in [0.1, 0.15) is 17.6 Å². The Hall–Kier alpha value is -3.77. The average molecular weight is 404 g/mol. The van der Waals surface area contributed by atoms with Gasteiger partial charge in [-0.1, -0.05) is 6.07 Å². The van der Waals surface area contributed by atoms with Crippen LogP contribution in [0.3, 0.4) is 0 Å². The molecule has 1 aliphatic rings. The minimum absolute atomic E-state index is 0.0836. The monoisotopic (exact) mass is 404 g/mol. The molecule has 9 nitrogen and oxygen atoms in total. The number of nitrogens with zero attached hydrogens (tertiary/aromatic N) is 5.